The smallest absolute Gasteiger partial charge is 0.307 e. The van der Waals surface area contributed by atoms with Crippen LogP contribution in [0.3, 0.4) is 0 Å². The zero-order chi connectivity index (χ0) is 15.9. The monoisotopic (exact) mass is 334 g/mol. The highest BCUT2D eigenvalue weighted by atomic mass is 33.1. The van der Waals surface area contributed by atoms with Crippen molar-refractivity contribution >= 4 is 33.5 Å². The number of hydrogen-bond acceptors (Lipinski definition) is 4. The summed E-state index contributed by atoms with van der Waals surface area (Å²) in [5, 5.41) is 17.9. The molecule has 22 heavy (non-hydrogen) atoms. The summed E-state index contributed by atoms with van der Waals surface area (Å²) in [4.78, 5) is 23.5. The zero-order valence-corrected chi connectivity index (χ0v) is 13.2. The lowest BCUT2D eigenvalue weighted by molar-refractivity contribution is -0.137. The van der Waals surface area contributed by atoms with Crippen molar-refractivity contribution in [2.45, 2.75) is 22.6 Å². The van der Waals surface area contributed by atoms with Crippen molar-refractivity contribution in [1.29, 1.82) is 0 Å². The second-order valence-corrected chi connectivity index (χ2v) is 6.74. The van der Waals surface area contributed by atoms with Gasteiger partial charge in [0.15, 0.2) is 0 Å². The summed E-state index contributed by atoms with van der Waals surface area (Å²) >= 11 is 0. The van der Waals surface area contributed by atoms with Gasteiger partial charge in [-0.2, -0.15) is 0 Å². The zero-order valence-electron chi connectivity index (χ0n) is 11.6. The Bertz CT molecular complexity index is 626. The van der Waals surface area contributed by atoms with E-state index in [4.69, 9.17) is 10.2 Å². The average Bonchev–Trinajstić information content (AvgIpc) is 2.46. The third-order valence-corrected chi connectivity index (χ3v) is 5.42. The third kappa shape index (κ3) is 4.82. The molecule has 2 aromatic rings. The Balaban J connectivity index is 2.14. The molecule has 0 saturated carbocycles. The van der Waals surface area contributed by atoms with Gasteiger partial charge in [-0.3, -0.25) is 9.59 Å². The first kappa shape index (κ1) is 16.5. The summed E-state index contributed by atoms with van der Waals surface area (Å²) in [6.07, 6.45) is -0.0546. The van der Waals surface area contributed by atoms with Crippen LogP contribution in [0.25, 0.3) is 0 Å². The first-order chi connectivity index (χ1) is 10.6. The number of carbonyl (C=O) groups is 2. The minimum Gasteiger partial charge on any atom is -0.481 e. The summed E-state index contributed by atoms with van der Waals surface area (Å²) in [6.45, 7) is 0. The van der Waals surface area contributed by atoms with Crippen LogP contribution < -0.4 is 0 Å². The van der Waals surface area contributed by atoms with Gasteiger partial charge in [0.1, 0.15) is 0 Å². The summed E-state index contributed by atoms with van der Waals surface area (Å²) in [5.74, 6) is -1.74. The molecule has 0 aliphatic heterocycles. The fourth-order valence-electron chi connectivity index (χ4n) is 1.88. The highest BCUT2D eigenvalue weighted by molar-refractivity contribution is 8.76. The van der Waals surface area contributed by atoms with E-state index >= 15 is 0 Å². The van der Waals surface area contributed by atoms with Crippen LogP contribution >= 0.6 is 21.6 Å². The molecule has 2 N–H and O–H groups in total. The Morgan fingerprint density at radius 1 is 0.727 bits per heavy atom. The van der Waals surface area contributed by atoms with Gasteiger partial charge in [0.2, 0.25) is 0 Å². The molecule has 2 rings (SSSR count). The van der Waals surface area contributed by atoms with Crippen molar-refractivity contribution in [3.8, 4) is 0 Å². The highest BCUT2D eigenvalue weighted by Gasteiger charge is 2.10. The van der Waals surface area contributed by atoms with Gasteiger partial charge >= 0.3 is 11.9 Å². The van der Waals surface area contributed by atoms with Crippen LogP contribution in [0.15, 0.2) is 58.3 Å². The number of carboxylic acid groups (broad SMARTS) is 2. The van der Waals surface area contributed by atoms with Crippen LogP contribution in [-0.4, -0.2) is 22.2 Å². The van der Waals surface area contributed by atoms with Crippen LogP contribution in [0.5, 0.6) is 0 Å². The molecule has 0 radical (unpaired) electrons. The molecular weight excluding hydrogens is 320 g/mol. The number of benzene rings is 2. The largest absolute Gasteiger partial charge is 0.481 e. The van der Waals surface area contributed by atoms with E-state index in [-0.39, 0.29) is 12.8 Å². The van der Waals surface area contributed by atoms with Crippen molar-refractivity contribution in [2.24, 2.45) is 0 Å². The molecular formula is C16H14O4S2. The normalized spacial score (nSPS) is 10.4. The molecule has 0 amide bonds. The lowest BCUT2D eigenvalue weighted by atomic mass is 10.1. The van der Waals surface area contributed by atoms with E-state index in [0.717, 1.165) is 20.9 Å². The van der Waals surface area contributed by atoms with Crippen LogP contribution in [-0.2, 0) is 22.4 Å². The summed E-state index contributed by atoms with van der Waals surface area (Å²) < 4.78 is 0. The molecule has 0 heterocycles. The second-order valence-electron chi connectivity index (χ2n) is 4.52. The standard InChI is InChI=1S/C16H14O4S2/c17-15(18)9-11-5-1-3-7-13(11)21-22-14-8-4-2-6-12(14)10-16(19)20/h1-8H,9-10H2,(H,17,18)(H,19,20). The summed E-state index contributed by atoms with van der Waals surface area (Å²) in [7, 11) is 2.89. The lowest BCUT2D eigenvalue weighted by Crippen LogP contribution is -2.01. The van der Waals surface area contributed by atoms with Crippen molar-refractivity contribution in [3.05, 3.63) is 59.7 Å². The average molecular weight is 334 g/mol. The van der Waals surface area contributed by atoms with Gasteiger partial charge in [-0.15, -0.1) is 0 Å². The maximum absolute atomic E-state index is 10.9. The first-order valence-corrected chi connectivity index (χ1v) is 8.65. The van der Waals surface area contributed by atoms with Gasteiger partial charge in [-0.25, -0.2) is 0 Å². The minimum atomic E-state index is -0.871. The van der Waals surface area contributed by atoms with E-state index in [1.807, 2.05) is 36.4 Å². The van der Waals surface area contributed by atoms with E-state index in [1.165, 1.54) is 21.6 Å². The Morgan fingerprint density at radius 2 is 1.09 bits per heavy atom. The van der Waals surface area contributed by atoms with Gasteiger partial charge in [0.05, 0.1) is 12.8 Å². The van der Waals surface area contributed by atoms with Crippen molar-refractivity contribution in [1.82, 2.24) is 0 Å². The molecule has 0 bridgehead atoms. The number of aliphatic carboxylic acids is 2. The van der Waals surface area contributed by atoms with Gasteiger partial charge in [0, 0.05) is 9.79 Å². The third-order valence-electron chi connectivity index (χ3n) is 2.85. The Morgan fingerprint density at radius 3 is 1.45 bits per heavy atom. The molecule has 0 saturated heterocycles. The van der Waals surface area contributed by atoms with Crippen molar-refractivity contribution < 1.29 is 19.8 Å². The topological polar surface area (TPSA) is 74.6 Å². The predicted octanol–water partition coefficient (Wildman–Crippen LogP) is 3.74. The molecule has 114 valence electrons. The van der Waals surface area contributed by atoms with Gasteiger partial charge < -0.3 is 10.2 Å². The number of carboxylic acids is 2. The van der Waals surface area contributed by atoms with E-state index in [2.05, 4.69) is 0 Å². The van der Waals surface area contributed by atoms with E-state index < -0.39 is 11.9 Å². The number of hydrogen-bond donors (Lipinski definition) is 2. The quantitative estimate of drug-likeness (QED) is 0.751. The van der Waals surface area contributed by atoms with Gasteiger partial charge in [0.25, 0.3) is 0 Å². The Kier molecular flexibility index (Phi) is 5.91. The maximum Gasteiger partial charge on any atom is 0.307 e. The van der Waals surface area contributed by atoms with E-state index in [0.29, 0.717) is 0 Å². The van der Waals surface area contributed by atoms with Crippen LogP contribution in [0, 0.1) is 0 Å². The Hall–Kier alpha value is -1.92. The van der Waals surface area contributed by atoms with E-state index in [9.17, 15) is 9.59 Å². The molecule has 6 heteroatoms. The Labute approximate surface area is 136 Å². The highest BCUT2D eigenvalue weighted by Crippen LogP contribution is 2.40. The fraction of sp³-hybridized carbons (Fsp3) is 0.125. The molecule has 0 spiro atoms. The summed E-state index contributed by atoms with van der Waals surface area (Å²) in [6, 6.07) is 14.7. The molecule has 4 nitrogen and oxygen atoms in total. The van der Waals surface area contributed by atoms with E-state index in [1.54, 1.807) is 12.1 Å². The van der Waals surface area contributed by atoms with Gasteiger partial charge in [-0.1, -0.05) is 58.0 Å². The van der Waals surface area contributed by atoms with Crippen LogP contribution in [0.2, 0.25) is 0 Å². The van der Waals surface area contributed by atoms with Crippen molar-refractivity contribution in [3.63, 3.8) is 0 Å². The minimum absolute atomic E-state index is 0.0273. The van der Waals surface area contributed by atoms with Crippen LogP contribution in [0.1, 0.15) is 11.1 Å². The number of rotatable bonds is 7. The summed E-state index contributed by atoms with van der Waals surface area (Å²) in [5.41, 5.74) is 1.51. The lowest BCUT2D eigenvalue weighted by Gasteiger charge is -2.09. The van der Waals surface area contributed by atoms with Crippen LogP contribution in [0.4, 0.5) is 0 Å². The molecule has 0 atom stereocenters. The SMILES string of the molecule is O=C(O)Cc1ccccc1SSc1ccccc1CC(=O)O. The van der Waals surface area contributed by atoms with Gasteiger partial charge in [-0.05, 0) is 23.3 Å². The molecule has 0 unspecified atom stereocenters. The molecule has 0 aliphatic carbocycles. The predicted molar refractivity (Wildman–Crippen MR) is 87.3 cm³/mol. The second kappa shape index (κ2) is 7.91. The molecule has 2 aromatic carbocycles. The molecule has 0 aliphatic rings. The molecule has 0 aromatic heterocycles. The first-order valence-electron chi connectivity index (χ1n) is 6.50. The maximum atomic E-state index is 10.9. The molecule has 0 fully saturated rings. The van der Waals surface area contributed by atoms with Crippen molar-refractivity contribution in [2.75, 3.05) is 0 Å². The fourth-order valence-corrected chi connectivity index (χ4v) is 4.33.